The van der Waals surface area contributed by atoms with Crippen molar-refractivity contribution in [3.05, 3.63) is 34.1 Å². The van der Waals surface area contributed by atoms with Gasteiger partial charge in [0.15, 0.2) is 0 Å². The van der Waals surface area contributed by atoms with Crippen LogP contribution in [-0.4, -0.2) is 19.0 Å². The topological polar surface area (TPSA) is 41.1 Å². The maximum Gasteiger partial charge on any atom is 0.220 e. The number of carbonyl (C=O) groups excluding carboxylic acids is 1. The predicted molar refractivity (Wildman–Crippen MR) is 76.2 cm³/mol. The van der Waals surface area contributed by atoms with Crippen molar-refractivity contribution in [3.63, 3.8) is 0 Å². The van der Waals surface area contributed by atoms with Gasteiger partial charge < -0.3 is 10.6 Å². The first-order valence-electron chi connectivity index (χ1n) is 6.56. The Morgan fingerprint density at radius 3 is 3.11 bits per heavy atom. The number of amides is 1. The zero-order valence-electron chi connectivity index (χ0n) is 10.7. The number of nitrogens with one attached hydrogen (secondary N) is 2. The lowest BCUT2D eigenvalue weighted by Crippen LogP contribution is -2.24. The number of halogens is 2. The summed E-state index contributed by atoms with van der Waals surface area (Å²) in [6.07, 6.45) is 2.56. The smallest absolute Gasteiger partial charge is 0.220 e. The van der Waals surface area contributed by atoms with E-state index in [1.807, 2.05) is 0 Å². The van der Waals surface area contributed by atoms with Crippen LogP contribution in [0, 0.1) is 11.7 Å². The summed E-state index contributed by atoms with van der Waals surface area (Å²) in [6.45, 7) is 2.30. The van der Waals surface area contributed by atoms with Crippen molar-refractivity contribution in [3.8, 4) is 0 Å². The molecular formula is C14H18BrFN2O. The summed E-state index contributed by atoms with van der Waals surface area (Å²) in [6, 6.07) is 4.74. The van der Waals surface area contributed by atoms with Gasteiger partial charge in [-0.2, -0.15) is 0 Å². The third-order valence-electron chi connectivity index (χ3n) is 3.43. The molecule has 1 aliphatic rings. The van der Waals surface area contributed by atoms with Crippen LogP contribution in [0.2, 0.25) is 0 Å². The molecule has 0 bridgehead atoms. The Morgan fingerprint density at radius 1 is 1.53 bits per heavy atom. The second-order valence-corrected chi connectivity index (χ2v) is 5.83. The van der Waals surface area contributed by atoms with Gasteiger partial charge in [0.05, 0.1) is 0 Å². The minimum Gasteiger partial charge on any atom is -0.352 e. The van der Waals surface area contributed by atoms with Gasteiger partial charge in [0.2, 0.25) is 5.91 Å². The molecule has 0 radical (unpaired) electrons. The van der Waals surface area contributed by atoms with Crippen LogP contribution in [0.4, 0.5) is 4.39 Å². The van der Waals surface area contributed by atoms with E-state index < -0.39 is 0 Å². The minimum atomic E-state index is -0.288. The van der Waals surface area contributed by atoms with E-state index in [4.69, 9.17) is 0 Å². The number of benzene rings is 1. The van der Waals surface area contributed by atoms with E-state index in [0.717, 1.165) is 30.4 Å². The SMILES string of the molecule is O=C(CCC1CCNC1)NCc1cc(Br)ccc1F. The molecule has 0 saturated carbocycles. The molecule has 1 heterocycles. The Balaban J connectivity index is 1.74. The lowest BCUT2D eigenvalue weighted by molar-refractivity contribution is -0.121. The molecule has 0 aromatic heterocycles. The molecule has 5 heteroatoms. The summed E-state index contributed by atoms with van der Waals surface area (Å²) < 4.78 is 14.3. The fourth-order valence-electron chi connectivity index (χ4n) is 2.26. The van der Waals surface area contributed by atoms with Gasteiger partial charge in [-0.05, 0) is 50.0 Å². The molecule has 1 unspecified atom stereocenters. The molecular weight excluding hydrogens is 311 g/mol. The third kappa shape index (κ3) is 4.58. The van der Waals surface area contributed by atoms with Gasteiger partial charge in [0.1, 0.15) is 5.82 Å². The molecule has 1 aliphatic heterocycles. The molecule has 0 spiro atoms. The van der Waals surface area contributed by atoms with Crippen molar-refractivity contribution >= 4 is 21.8 Å². The molecule has 2 N–H and O–H groups in total. The average Bonchev–Trinajstić information content (AvgIpc) is 2.90. The van der Waals surface area contributed by atoms with Crippen LogP contribution in [0.25, 0.3) is 0 Å². The molecule has 1 amide bonds. The molecule has 1 aromatic rings. The number of hydrogen-bond donors (Lipinski definition) is 2. The van der Waals surface area contributed by atoms with Crippen molar-refractivity contribution < 1.29 is 9.18 Å². The lowest BCUT2D eigenvalue weighted by Gasteiger charge is -2.09. The predicted octanol–water partition coefficient (Wildman–Crippen LogP) is 2.59. The van der Waals surface area contributed by atoms with E-state index in [1.165, 1.54) is 6.07 Å². The van der Waals surface area contributed by atoms with Gasteiger partial charge in [-0.25, -0.2) is 4.39 Å². The van der Waals surface area contributed by atoms with Crippen molar-refractivity contribution in [1.29, 1.82) is 0 Å². The van der Waals surface area contributed by atoms with Crippen molar-refractivity contribution in [1.82, 2.24) is 10.6 Å². The van der Waals surface area contributed by atoms with Crippen LogP contribution in [0.5, 0.6) is 0 Å². The molecule has 19 heavy (non-hydrogen) atoms. The Kier molecular flexibility index (Phi) is 5.34. The lowest BCUT2D eigenvalue weighted by atomic mass is 10.0. The van der Waals surface area contributed by atoms with Crippen LogP contribution >= 0.6 is 15.9 Å². The van der Waals surface area contributed by atoms with Crippen LogP contribution < -0.4 is 10.6 Å². The van der Waals surface area contributed by atoms with Crippen LogP contribution in [0.1, 0.15) is 24.8 Å². The van der Waals surface area contributed by atoms with Crippen LogP contribution in [-0.2, 0) is 11.3 Å². The van der Waals surface area contributed by atoms with Gasteiger partial charge in [0.25, 0.3) is 0 Å². The zero-order chi connectivity index (χ0) is 13.7. The van der Waals surface area contributed by atoms with Gasteiger partial charge >= 0.3 is 0 Å². The zero-order valence-corrected chi connectivity index (χ0v) is 12.3. The Hall–Kier alpha value is -0.940. The average molecular weight is 329 g/mol. The van der Waals surface area contributed by atoms with E-state index in [0.29, 0.717) is 17.9 Å². The van der Waals surface area contributed by atoms with Gasteiger partial charge in [0, 0.05) is 23.0 Å². The normalized spacial score (nSPS) is 18.5. The quantitative estimate of drug-likeness (QED) is 0.872. The van der Waals surface area contributed by atoms with Crippen molar-refractivity contribution in [2.45, 2.75) is 25.8 Å². The molecule has 1 fully saturated rings. The first-order valence-corrected chi connectivity index (χ1v) is 7.36. The van der Waals surface area contributed by atoms with Crippen LogP contribution in [0.3, 0.4) is 0 Å². The van der Waals surface area contributed by atoms with E-state index in [1.54, 1.807) is 12.1 Å². The number of carbonyl (C=O) groups is 1. The first-order chi connectivity index (χ1) is 9.15. The summed E-state index contributed by atoms with van der Waals surface area (Å²) in [4.78, 5) is 11.7. The largest absolute Gasteiger partial charge is 0.352 e. The number of rotatable bonds is 5. The van der Waals surface area contributed by atoms with Crippen molar-refractivity contribution in [2.24, 2.45) is 5.92 Å². The summed E-state index contributed by atoms with van der Waals surface area (Å²) in [5.41, 5.74) is 0.505. The molecule has 1 saturated heterocycles. The fourth-order valence-corrected chi connectivity index (χ4v) is 2.67. The highest BCUT2D eigenvalue weighted by Crippen LogP contribution is 2.16. The molecule has 3 nitrogen and oxygen atoms in total. The summed E-state index contributed by atoms with van der Waals surface area (Å²) >= 11 is 3.29. The second kappa shape index (κ2) is 7.01. The van der Waals surface area contributed by atoms with Gasteiger partial charge in [-0.1, -0.05) is 15.9 Å². The van der Waals surface area contributed by atoms with E-state index in [2.05, 4.69) is 26.6 Å². The van der Waals surface area contributed by atoms with E-state index in [9.17, 15) is 9.18 Å². The fraction of sp³-hybridized carbons (Fsp3) is 0.500. The summed E-state index contributed by atoms with van der Waals surface area (Å²) in [5, 5.41) is 6.05. The maximum absolute atomic E-state index is 13.5. The van der Waals surface area contributed by atoms with E-state index >= 15 is 0 Å². The Bertz CT molecular complexity index is 447. The van der Waals surface area contributed by atoms with Gasteiger partial charge in [-0.15, -0.1) is 0 Å². The Morgan fingerprint density at radius 2 is 2.37 bits per heavy atom. The van der Waals surface area contributed by atoms with Crippen LogP contribution in [0.15, 0.2) is 22.7 Å². The molecule has 0 aliphatic carbocycles. The van der Waals surface area contributed by atoms with Gasteiger partial charge in [-0.3, -0.25) is 4.79 Å². The van der Waals surface area contributed by atoms with Crippen molar-refractivity contribution in [2.75, 3.05) is 13.1 Å². The summed E-state index contributed by atoms with van der Waals surface area (Å²) in [5.74, 6) is 0.308. The second-order valence-electron chi connectivity index (χ2n) is 4.91. The Labute approximate surface area is 121 Å². The molecule has 1 atom stereocenters. The third-order valence-corrected chi connectivity index (χ3v) is 3.92. The standard InChI is InChI=1S/C14H18BrFN2O/c15-12-2-3-13(16)11(7-12)9-18-14(19)4-1-10-5-6-17-8-10/h2-3,7,10,17H,1,4-6,8-9H2,(H,18,19). The molecule has 2 rings (SSSR count). The monoisotopic (exact) mass is 328 g/mol. The minimum absolute atomic E-state index is 0.00808. The van der Waals surface area contributed by atoms with E-state index in [-0.39, 0.29) is 18.3 Å². The molecule has 104 valence electrons. The first kappa shape index (κ1) is 14.5. The summed E-state index contributed by atoms with van der Waals surface area (Å²) in [7, 11) is 0. The number of hydrogen-bond acceptors (Lipinski definition) is 2. The molecule has 1 aromatic carbocycles. The highest BCUT2D eigenvalue weighted by atomic mass is 79.9. The highest BCUT2D eigenvalue weighted by Gasteiger charge is 2.15. The maximum atomic E-state index is 13.5. The highest BCUT2D eigenvalue weighted by molar-refractivity contribution is 9.10.